The highest BCUT2D eigenvalue weighted by atomic mass is 16.6. The number of alkyl carbamates (subject to hydrolysis) is 1. The predicted molar refractivity (Wildman–Crippen MR) is 116 cm³/mol. The second-order valence-electron chi connectivity index (χ2n) is 8.20. The monoisotopic (exact) mass is 397 g/mol. The second kappa shape index (κ2) is 9.59. The highest BCUT2D eigenvalue weighted by molar-refractivity contribution is 5.84. The SMILES string of the molecule is Cc1cc(OCCCNC(=O)OC(C)(C)C)cc(C)c1-c1cccc(C=O)c1C. The van der Waals surface area contributed by atoms with E-state index in [0.29, 0.717) is 25.1 Å². The minimum atomic E-state index is -0.499. The first-order valence-electron chi connectivity index (χ1n) is 9.88. The molecule has 1 N–H and O–H groups in total. The number of nitrogens with one attached hydrogen (secondary N) is 1. The Balaban J connectivity index is 1.98. The third kappa shape index (κ3) is 6.34. The van der Waals surface area contributed by atoms with Crippen molar-refractivity contribution >= 4 is 12.4 Å². The molecule has 0 aliphatic rings. The van der Waals surface area contributed by atoms with Gasteiger partial charge in [0.05, 0.1) is 6.61 Å². The van der Waals surface area contributed by atoms with Crippen molar-refractivity contribution in [3.05, 3.63) is 52.6 Å². The molecule has 0 heterocycles. The van der Waals surface area contributed by atoms with Crippen molar-refractivity contribution in [1.82, 2.24) is 5.32 Å². The number of ether oxygens (including phenoxy) is 2. The number of amides is 1. The first-order valence-corrected chi connectivity index (χ1v) is 9.88. The lowest BCUT2D eigenvalue weighted by Gasteiger charge is -2.19. The standard InChI is InChI=1S/C24H31NO4/c1-16-13-20(28-12-8-11-25-23(27)29-24(4,5)6)14-17(2)22(16)21-10-7-9-19(15-26)18(21)3/h7,9-10,13-15H,8,11-12H2,1-6H3,(H,25,27). The van der Waals surface area contributed by atoms with Gasteiger partial charge < -0.3 is 14.8 Å². The maximum absolute atomic E-state index is 11.6. The molecule has 2 rings (SSSR count). The summed E-state index contributed by atoms with van der Waals surface area (Å²) >= 11 is 0. The summed E-state index contributed by atoms with van der Waals surface area (Å²) in [6.45, 7) is 12.6. The predicted octanol–water partition coefficient (Wildman–Crippen LogP) is 5.38. The Labute approximate surface area is 173 Å². The summed E-state index contributed by atoms with van der Waals surface area (Å²) in [5.74, 6) is 0.796. The molecule has 156 valence electrons. The van der Waals surface area contributed by atoms with Gasteiger partial charge in [-0.2, -0.15) is 0 Å². The molecule has 0 aromatic heterocycles. The van der Waals surface area contributed by atoms with Crippen LogP contribution in [0.1, 0.15) is 54.2 Å². The average Bonchev–Trinajstić information content (AvgIpc) is 2.60. The highest BCUT2D eigenvalue weighted by Gasteiger charge is 2.15. The molecule has 0 fully saturated rings. The van der Waals surface area contributed by atoms with Crippen molar-refractivity contribution in [1.29, 1.82) is 0 Å². The van der Waals surface area contributed by atoms with Crippen LogP contribution in [0.3, 0.4) is 0 Å². The summed E-state index contributed by atoms with van der Waals surface area (Å²) in [5.41, 5.74) is 5.58. The Hall–Kier alpha value is -2.82. The molecule has 0 atom stereocenters. The summed E-state index contributed by atoms with van der Waals surface area (Å²) in [6.07, 6.45) is 1.16. The molecule has 0 bridgehead atoms. The quantitative estimate of drug-likeness (QED) is 0.503. The lowest BCUT2D eigenvalue weighted by atomic mass is 9.90. The van der Waals surface area contributed by atoms with Gasteiger partial charge in [0, 0.05) is 12.1 Å². The second-order valence-corrected chi connectivity index (χ2v) is 8.20. The minimum absolute atomic E-state index is 0.415. The van der Waals surface area contributed by atoms with Crippen LogP contribution in [-0.4, -0.2) is 31.1 Å². The lowest BCUT2D eigenvalue weighted by Crippen LogP contribution is -2.33. The zero-order chi connectivity index (χ0) is 21.6. The van der Waals surface area contributed by atoms with E-state index in [2.05, 4.69) is 5.32 Å². The molecule has 0 spiro atoms. The molecular weight excluding hydrogens is 366 g/mol. The van der Waals surface area contributed by atoms with Gasteiger partial charge in [-0.25, -0.2) is 4.79 Å². The molecule has 0 radical (unpaired) electrons. The van der Waals surface area contributed by atoms with Crippen molar-refractivity contribution < 1.29 is 19.1 Å². The fourth-order valence-electron chi connectivity index (χ4n) is 3.25. The Morgan fingerprint density at radius 1 is 1.10 bits per heavy atom. The van der Waals surface area contributed by atoms with Crippen LogP contribution in [0.25, 0.3) is 11.1 Å². The summed E-state index contributed by atoms with van der Waals surface area (Å²) < 4.78 is 11.1. The van der Waals surface area contributed by atoms with Crippen molar-refractivity contribution in [2.24, 2.45) is 0 Å². The normalized spacial score (nSPS) is 11.1. The van der Waals surface area contributed by atoms with E-state index in [4.69, 9.17) is 9.47 Å². The largest absolute Gasteiger partial charge is 0.494 e. The zero-order valence-corrected chi connectivity index (χ0v) is 18.2. The summed E-state index contributed by atoms with van der Waals surface area (Å²) in [6, 6.07) is 9.81. The van der Waals surface area contributed by atoms with E-state index in [9.17, 15) is 9.59 Å². The molecule has 0 aliphatic carbocycles. The van der Waals surface area contributed by atoms with Crippen LogP contribution in [0, 0.1) is 20.8 Å². The first kappa shape index (κ1) is 22.5. The molecule has 0 saturated heterocycles. The topological polar surface area (TPSA) is 64.6 Å². The van der Waals surface area contributed by atoms with Gasteiger partial charge in [-0.05, 0) is 87.9 Å². The van der Waals surface area contributed by atoms with Crippen molar-refractivity contribution in [3.8, 4) is 16.9 Å². The smallest absolute Gasteiger partial charge is 0.407 e. The fourth-order valence-corrected chi connectivity index (χ4v) is 3.25. The Morgan fingerprint density at radius 3 is 2.34 bits per heavy atom. The van der Waals surface area contributed by atoms with Crippen LogP contribution in [0.2, 0.25) is 0 Å². The maximum Gasteiger partial charge on any atom is 0.407 e. The van der Waals surface area contributed by atoms with Gasteiger partial charge in [0.15, 0.2) is 0 Å². The van der Waals surface area contributed by atoms with Gasteiger partial charge in [0.2, 0.25) is 0 Å². The van der Waals surface area contributed by atoms with E-state index in [-0.39, 0.29) is 0 Å². The molecule has 0 aliphatic heterocycles. The molecular formula is C24H31NO4. The third-order valence-corrected chi connectivity index (χ3v) is 4.54. The van der Waals surface area contributed by atoms with Crippen LogP contribution >= 0.6 is 0 Å². The average molecular weight is 398 g/mol. The van der Waals surface area contributed by atoms with Gasteiger partial charge in [0.1, 0.15) is 17.6 Å². The first-order chi connectivity index (χ1) is 13.6. The molecule has 29 heavy (non-hydrogen) atoms. The van der Waals surface area contributed by atoms with Gasteiger partial charge >= 0.3 is 6.09 Å². The maximum atomic E-state index is 11.6. The molecule has 2 aromatic rings. The molecule has 1 amide bonds. The van der Waals surface area contributed by atoms with Crippen LogP contribution in [0.5, 0.6) is 5.75 Å². The van der Waals surface area contributed by atoms with Crippen molar-refractivity contribution in [2.75, 3.05) is 13.2 Å². The molecule has 0 saturated carbocycles. The van der Waals surface area contributed by atoms with Gasteiger partial charge in [-0.1, -0.05) is 18.2 Å². The minimum Gasteiger partial charge on any atom is -0.494 e. The van der Waals surface area contributed by atoms with Crippen LogP contribution < -0.4 is 10.1 Å². The lowest BCUT2D eigenvalue weighted by molar-refractivity contribution is 0.0525. The van der Waals surface area contributed by atoms with Crippen molar-refractivity contribution in [3.63, 3.8) is 0 Å². The van der Waals surface area contributed by atoms with Crippen molar-refractivity contribution in [2.45, 2.75) is 53.6 Å². The summed E-state index contributed by atoms with van der Waals surface area (Å²) in [5, 5.41) is 2.73. The highest BCUT2D eigenvalue weighted by Crippen LogP contribution is 2.33. The van der Waals surface area contributed by atoms with Gasteiger partial charge in [0.25, 0.3) is 0 Å². The number of hydrogen-bond acceptors (Lipinski definition) is 4. The number of aryl methyl sites for hydroxylation is 2. The molecule has 0 unspecified atom stereocenters. The zero-order valence-electron chi connectivity index (χ0n) is 18.2. The number of aldehydes is 1. The number of carbonyl (C=O) groups is 2. The third-order valence-electron chi connectivity index (χ3n) is 4.54. The molecule has 2 aromatic carbocycles. The van der Waals surface area contributed by atoms with E-state index < -0.39 is 11.7 Å². The van der Waals surface area contributed by atoms with E-state index in [1.54, 1.807) is 0 Å². The fraction of sp³-hybridized carbons (Fsp3) is 0.417. The molecule has 5 nitrogen and oxygen atoms in total. The Kier molecular flexibility index (Phi) is 7.43. The van der Waals surface area contributed by atoms with Gasteiger partial charge in [-0.15, -0.1) is 0 Å². The van der Waals surface area contributed by atoms with E-state index in [1.165, 1.54) is 0 Å². The Morgan fingerprint density at radius 2 is 1.76 bits per heavy atom. The number of benzene rings is 2. The van der Waals surface area contributed by atoms with E-state index in [0.717, 1.165) is 39.9 Å². The van der Waals surface area contributed by atoms with Crippen LogP contribution in [0.4, 0.5) is 4.79 Å². The summed E-state index contributed by atoms with van der Waals surface area (Å²) in [7, 11) is 0. The summed E-state index contributed by atoms with van der Waals surface area (Å²) in [4.78, 5) is 22.9. The van der Waals surface area contributed by atoms with E-state index in [1.807, 2.05) is 71.9 Å². The molecule has 5 heteroatoms. The van der Waals surface area contributed by atoms with Crippen LogP contribution in [-0.2, 0) is 4.74 Å². The number of carbonyl (C=O) groups excluding carboxylic acids is 2. The number of hydrogen-bond donors (Lipinski definition) is 1. The van der Waals surface area contributed by atoms with E-state index >= 15 is 0 Å². The number of rotatable bonds is 7. The Bertz CT molecular complexity index is 858. The van der Waals surface area contributed by atoms with Gasteiger partial charge in [-0.3, -0.25) is 4.79 Å². The van der Waals surface area contributed by atoms with Crippen LogP contribution in [0.15, 0.2) is 30.3 Å².